The number of hydrogen-bond donors (Lipinski definition) is 2. The molecule has 0 radical (unpaired) electrons. The van der Waals surface area contributed by atoms with Crippen LogP contribution in [0.3, 0.4) is 0 Å². The Morgan fingerprint density at radius 1 is 1.06 bits per heavy atom. The first-order valence-corrected chi connectivity index (χ1v) is 10.8. The van der Waals surface area contributed by atoms with Crippen LogP contribution >= 0.6 is 0 Å². The van der Waals surface area contributed by atoms with Crippen LogP contribution in [0, 0.1) is 13.8 Å². The molecule has 7 heteroatoms. The van der Waals surface area contributed by atoms with E-state index in [4.69, 9.17) is 4.74 Å². The number of hydrogen-bond acceptors (Lipinski definition) is 4. The van der Waals surface area contributed by atoms with Gasteiger partial charge in [0.25, 0.3) is 5.56 Å². The lowest BCUT2D eigenvalue weighted by atomic mass is 10.0. The molecule has 2 aromatic carbocycles. The summed E-state index contributed by atoms with van der Waals surface area (Å²) < 4.78 is 5.35. The molecule has 0 bridgehead atoms. The number of pyridine rings is 1. The minimum Gasteiger partial charge on any atom is -0.495 e. The summed E-state index contributed by atoms with van der Waals surface area (Å²) in [4.78, 5) is 32.8. The monoisotopic (exact) mass is 436 g/mol. The van der Waals surface area contributed by atoms with E-state index in [1.54, 1.807) is 24.1 Å². The number of benzene rings is 2. The molecule has 0 saturated carbocycles. The summed E-state index contributed by atoms with van der Waals surface area (Å²) >= 11 is 0. The Kier molecular flexibility index (Phi) is 7.53. The molecule has 170 valence electrons. The Morgan fingerprint density at radius 3 is 2.50 bits per heavy atom. The van der Waals surface area contributed by atoms with Gasteiger partial charge in [0, 0.05) is 17.5 Å². The van der Waals surface area contributed by atoms with Gasteiger partial charge in [-0.05, 0) is 70.2 Å². The topological polar surface area (TPSA) is 77.7 Å². The van der Waals surface area contributed by atoms with Gasteiger partial charge in [-0.2, -0.15) is 0 Å². The van der Waals surface area contributed by atoms with E-state index in [0.717, 1.165) is 35.0 Å². The van der Waals surface area contributed by atoms with Crippen molar-refractivity contribution in [2.24, 2.45) is 0 Å². The van der Waals surface area contributed by atoms with E-state index >= 15 is 0 Å². The highest BCUT2D eigenvalue weighted by atomic mass is 16.5. The van der Waals surface area contributed by atoms with Crippen molar-refractivity contribution in [2.75, 3.05) is 39.6 Å². The SMILES string of the molecule is COc1ccccc1NC(=O)N(CCCN(C)C)Cc1cc2c(C)ccc(C)c2[nH]c1=O. The lowest BCUT2D eigenvalue weighted by Crippen LogP contribution is -2.37. The molecule has 0 atom stereocenters. The van der Waals surface area contributed by atoms with Crippen molar-refractivity contribution in [2.45, 2.75) is 26.8 Å². The molecule has 3 aromatic rings. The van der Waals surface area contributed by atoms with Gasteiger partial charge in [0.1, 0.15) is 5.75 Å². The second kappa shape index (κ2) is 10.3. The Balaban J connectivity index is 1.90. The third-order valence-corrected chi connectivity index (χ3v) is 5.55. The number of anilines is 1. The standard InChI is InChI=1S/C25H32N4O3/c1-17-11-12-18(2)23-20(17)15-19(24(30)27-23)16-29(14-8-13-28(3)4)25(31)26-21-9-6-7-10-22(21)32-5/h6-7,9-12,15H,8,13-14,16H2,1-5H3,(H,26,31)(H,27,30). The zero-order chi connectivity index (χ0) is 23.3. The predicted octanol–water partition coefficient (Wildman–Crippen LogP) is 4.14. The molecule has 2 N–H and O–H groups in total. The summed E-state index contributed by atoms with van der Waals surface area (Å²) in [6.45, 7) is 5.57. The van der Waals surface area contributed by atoms with Crippen molar-refractivity contribution in [3.8, 4) is 5.75 Å². The number of nitrogens with zero attached hydrogens (tertiary/aromatic N) is 2. The van der Waals surface area contributed by atoms with Gasteiger partial charge in [-0.15, -0.1) is 0 Å². The van der Waals surface area contributed by atoms with Crippen LogP contribution in [-0.4, -0.2) is 55.1 Å². The number of aromatic amines is 1. The van der Waals surface area contributed by atoms with Crippen molar-refractivity contribution in [1.29, 1.82) is 0 Å². The average molecular weight is 437 g/mol. The fraction of sp³-hybridized carbons (Fsp3) is 0.360. The summed E-state index contributed by atoms with van der Waals surface area (Å²) in [6.07, 6.45) is 0.788. The molecule has 2 amide bonds. The highest BCUT2D eigenvalue weighted by Gasteiger charge is 2.18. The number of H-pyrrole nitrogens is 1. The van der Waals surface area contributed by atoms with Crippen LogP contribution < -0.4 is 15.6 Å². The van der Waals surface area contributed by atoms with Gasteiger partial charge in [0.2, 0.25) is 0 Å². The number of carbonyl (C=O) groups is 1. The molecule has 0 spiro atoms. The lowest BCUT2D eigenvalue weighted by molar-refractivity contribution is 0.205. The highest BCUT2D eigenvalue weighted by molar-refractivity contribution is 5.91. The third-order valence-electron chi connectivity index (χ3n) is 5.55. The normalized spacial score (nSPS) is 11.1. The van der Waals surface area contributed by atoms with Gasteiger partial charge in [-0.3, -0.25) is 4.79 Å². The summed E-state index contributed by atoms with van der Waals surface area (Å²) in [5.74, 6) is 0.587. The summed E-state index contributed by atoms with van der Waals surface area (Å²) in [5, 5.41) is 3.93. The molecule has 0 aliphatic heterocycles. The quantitative estimate of drug-likeness (QED) is 0.556. The number of urea groups is 1. The number of aromatic nitrogens is 1. The minimum absolute atomic E-state index is 0.172. The van der Waals surface area contributed by atoms with Gasteiger partial charge in [0.05, 0.1) is 24.9 Å². The van der Waals surface area contributed by atoms with Crippen molar-refractivity contribution in [3.05, 3.63) is 69.5 Å². The van der Waals surface area contributed by atoms with Crippen LogP contribution in [-0.2, 0) is 6.54 Å². The molecule has 0 saturated heterocycles. The second-order valence-corrected chi connectivity index (χ2v) is 8.32. The molecule has 0 aliphatic rings. The van der Waals surface area contributed by atoms with E-state index in [1.165, 1.54) is 0 Å². The lowest BCUT2D eigenvalue weighted by Gasteiger charge is -2.24. The number of rotatable bonds is 8. The van der Waals surface area contributed by atoms with Gasteiger partial charge in [-0.25, -0.2) is 4.79 Å². The van der Waals surface area contributed by atoms with Crippen molar-refractivity contribution in [1.82, 2.24) is 14.8 Å². The zero-order valence-electron chi connectivity index (χ0n) is 19.5. The van der Waals surface area contributed by atoms with E-state index in [9.17, 15) is 9.59 Å². The van der Waals surface area contributed by atoms with E-state index in [2.05, 4.69) is 15.2 Å². The Morgan fingerprint density at radius 2 is 1.78 bits per heavy atom. The summed E-state index contributed by atoms with van der Waals surface area (Å²) in [7, 11) is 5.57. The fourth-order valence-electron chi connectivity index (χ4n) is 3.71. The number of nitrogens with one attached hydrogen (secondary N) is 2. The summed E-state index contributed by atoms with van der Waals surface area (Å²) in [6, 6.07) is 13.0. The Hall–Kier alpha value is -3.32. The molecule has 1 heterocycles. The molecular weight excluding hydrogens is 404 g/mol. The molecule has 0 aliphatic carbocycles. The van der Waals surface area contributed by atoms with Gasteiger partial charge >= 0.3 is 6.03 Å². The number of methoxy groups -OCH3 is 1. The highest BCUT2D eigenvalue weighted by Crippen LogP contribution is 2.24. The number of carbonyl (C=O) groups excluding carboxylic acids is 1. The average Bonchev–Trinajstić information content (AvgIpc) is 2.76. The van der Waals surface area contributed by atoms with Crippen LogP contribution in [0.2, 0.25) is 0 Å². The predicted molar refractivity (Wildman–Crippen MR) is 130 cm³/mol. The van der Waals surface area contributed by atoms with Crippen LogP contribution in [0.25, 0.3) is 10.9 Å². The van der Waals surface area contributed by atoms with Gasteiger partial charge in [-0.1, -0.05) is 24.3 Å². The maximum absolute atomic E-state index is 13.2. The minimum atomic E-state index is -0.270. The number of para-hydroxylation sites is 2. The van der Waals surface area contributed by atoms with Crippen molar-refractivity contribution >= 4 is 22.6 Å². The maximum atomic E-state index is 13.2. The molecule has 7 nitrogen and oxygen atoms in total. The Bertz CT molecular complexity index is 1150. The smallest absolute Gasteiger partial charge is 0.322 e. The fourth-order valence-corrected chi connectivity index (χ4v) is 3.71. The molecule has 1 aromatic heterocycles. The number of aryl methyl sites for hydroxylation is 2. The van der Waals surface area contributed by atoms with E-state index in [1.807, 2.05) is 58.3 Å². The summed E-state index contributed by atoms with van der Waals surface area (Å²) in [5.41, 5.74) is 3.93. The largest absolute Gasteiger partial charge is 0.495 e. The molecule has 0 unspecified atom stereocenters. The molecule has 0 fully saturated rings. The van der Waals surface area contributed by atoms with E-state index in [-0.39, 0.29) is 18.1 Å². The van der Waals surface area contributed by atoms with Crippen molar-refractivity contribution < 1.29 is 9.53 Å². The van der Waals surface area contributed by atoms with Crippen LogP contribution in [0.15, 0.2) is 47.3 Å². The first kappa shape index (κ1) is 23.3. The van der Waals surface area contributed by atoms with E-state index < -0.39 is 0 Å². The van der Waals surface area contributed by atoms with Crippen LogP contribution in [0.1, 0.15) is 23.1 Å². The molecular formula is C25H32N4O3. The van der Waals surface area contributed by atoms with Gasteiger partial charge < -0.3 is 24.8 Å². The van der Waals surface area contributed by atoms with E-state index in [0.29, 0.717) is 23.5 Å². The third kappa shape index (κ3) is 5.48. The Labute approximate surface area is 189 Å². The molecule has 32 heavy (non-hydrogen) atoms. The second-order valence-electron chi connectivity index (χ2n) is 8.32. The zero-order valence-corrected chi connectivity index (χ0v) is 19.5. The maximum Gasteiger partial charge on any atom is 0.322 e. The number of fused-ring (bicyclic) bond motifs is 1. The van der Waals surface area contributed by atoms with Gasteiger partial charge in [0.15, 0.2) is 0 Å². The number of amides is 2. The first-order chi connectivity index (χ1) is 15.3. The van der Waals surface area contributed by atoms with Crippen LogP contribution in [0.4, 0.5) is 10.5 Å². The molecule has 3 rings (SSSR count). The van der Waals surface area contributed by atoms with Crippen molar-refractivity contribution in [3.63, 3.8) is 0 Å². The first-order valence-electron chi connectivity index (χ1n) is 10.8. The van der Waals surface area contributed by atoms with Crippen LogP contribution in [0.5, 0.6) is 5.75 Å². The number of ether oxygens (including phenoxy) is 1.